The topological polar surface area (TPSA) is 61.4 Å². The third-order valence-corrected chi connectivity index (χ3v) is 3.50. The molecule has 3 N–H and O–H groups in total. The minimum absolute atomic E-state index is 0.0854. The number of nitrogens with one attached hydrogen (secondary N) is 2. The molecule has 0 aromatic heterocycles. The molecule has 2 aromatic carbocycles. The molecule has 2 rings (SSSR count). The van der Waals surface area contributed by atoms with Crippen molar-refractivity contribution in [1.29, 1.82) is 0 Å². The average molecular weight is 343 g/mol. The predicted octanol–water partition coefficient (Wildman–Crippen LogP) is 3.99. The van der Waals surface area contributed by atoms with Gasteiger partial charge >= 0.3 is 6.03 Å². The van der Waals surface area contributed by atoms with Crippen LogP contribution in [0.5, 0.6) is 0 Å². The van der Waals surface area contributed by atoms with Crippen LogP contribution >= 0.6 is 23.2 Å². The lowest BCUT2D eigenvalue weighted by molar-refractivity contribution is 0.225. The summed E-state index contributed by atoms with van der Waals surface area (Å²) in [6.45, 7) is -0.286. The van der Waals surface area contributed by atoms with Crippen LogP contribution in [0.25, 0.3) is 0 Å². The fraction of sp³-hybridized carbons (Fsp3) is 0.133. The molecule has 0 spiro atoms. The van der Waals surface area contributed by atoms with Crippen molar-refractivity contribution in [3.05, 3.63) is 63.9 Å². The van der Waals surface area contributed by atoms with E-state index in [1.54, 1.807) is 24.3 Å². The number of carbonyl (C=O) groups excluding carboxylic acids is 1. The van der Waals surface area contributed by atoms with Crippen LogP contribution in [0.1, 0.15) is 11.6 Å². The van der Waals surface area contributed by atoms with E-state index in [4.69, 9.17) is 23.2 Å². The Labute approximate surface area is 136 Å². The Kier molecular flexibility index (Phi) is 5.60. The molecule has 0 aliphatic heterocycles. The fourth-order valence-corrected chi connectivity index (χ4v) is 2.18. The molecular formula is C15H13Cl2FN2O2. The maximum Gasteiger partial charge on any atom is 0.319 e. The first-order valence-corrected chi connectivity index (χ1v) is 7.14. The first kappa shape index (κ1) is 16.5. The summed E-state index contributed by atoms with van der Waals surface area (Å²) in [5.41, 5.74) is 0.973. The van der Waals surface area contributed by atoms with Crippen molar-refractivity contribution in [2.75, 3.05) is 11.9 Å². The number of amides is 2. The van der Waals surface area contributed by atoms with Gasteiger partial charge in [0.15, 0.2) is 0 Å². The van der Waals surface area contributed by atoms with Crippen LogP contribution in [-0.4, -0.2) is 17.7 Å². The van der Waals surface area contributed by atoms with Crippen molar-refractivity contribution < 1.29 is 14.3 Å². The van der Waals surface area contributed by atoms with Gasteiger partial charge < -0.3 is 15.7 Å². The van der Waals surface area contributed by atoms with Crippen molar-refractivity contribution in [1.82, 2.24) is 5.32 Å². The number of hydrogen-bond acceptors (Lipinski definition) is 2. The SMILES string of the molecule is O=C(Nc1ccc(F)cc1Cl)NC(CO)c1ccc(Cl)cc1. The molecule has 0 aliphatic rings. The molecule has 4 nitrogen and oxygen atoms in total. The van der Waals surface area contributed by atoms with Gasteiger partial charge in [0.2, 0.25) is 0 Å². The number of halogens is 3. The van der Waals surface area contributed by atoms with E-state index >= 15 is 0 Å². The van der Waals surface area contributed by atoms with Crippen molar-refractivity contribution in [3.8, 4) is 0 Å². The number of aliphatic hydroxyl groups is 1. The van der Waals surface area contributed by atoms with Crippen molar-refractivity contribution in [3.63, 3.8) is 0 Å². The van der Waals surface area contributed by atoms with Crippen molar-refractivity contribution in [2.24, 2.45) is 0 Å². The minimum atomic E-state index is -0.600. The van der Waals surface area contributed by atoms with Gasteiger partial charge in [-0.2, -0.15) is 0 Å². The highest BCUT2D eigenvalue weighted by atomic mass is 35.5. The van der Waals surface area contributed by atoms with Gasteiger partial charge in [-0.3, -0.25) is 0 Å². The molecule has 1 unspecified atom stereocenters. The summed E-state index contributed by atoms with van der Waals surface area (Å²) >= 11 is 11.6. The Hall–Kier alpha value is -1.82. The van der Waals surface area contributed by atoms with Gasteiger partial charge in [0.1, 0.15) is 5.82 Å². The summed E-state index contributed by atoms with van der Waals surface area (Å²) in [7, 11) is 0. The molecule has 0 saturated heterocycles. The molecule has 2 amide bonds. The Balaban J connectivity index is 2.04. The molecule has 1 atom stereocenters. The van der Waals surface area contributed by atoms with Crippen molar-refractivity contribution in [2.45, 2.75) is 6.04 Å². The minimum Gasteiger partial charge on any atom is -0.394 e. The standard InChI is InChI=1S/C15H13Cl2FN2O2/c16-10-3-1-9(2-4-10)14(8-21)20-15(22)19-13-6-5-11(18)7-12(13)17/h1-7,14,21H,8H2,(H2,19,20,22). The van der Waals surface area contributed by atoms with Crippen LogP contribution in [0, 0.1) is 5.82 Å². The number of anilines is 1. The first-order valence-electron chi connectivity index (χ1n) is 6.38. The summed E-state index contributed by atoms with van der Waals surface area (Å²) in [6.07, 6.45) is 0. The third-order valence-electron chi connectivity index (χ3n) is 2.94. The molecule has 0 radical (unpaired) electrons. The second kappa shape index (κ2) is 7.45. The van der Waals surface area contributed by atoms with E-state index in [-0.39, 0.29) is 17.3 Å². The van der Waals surface area contributed by atoms with Crippen LogP contribution in [0.4, 0.5) is 14.9 Å². The van der Waals surface area contributed by atoms with Gasteiger partial charge in [-0.1, -0.05) is 35.3 Å². The van der Waals surface area contributed by atoms with E-state index in [1.165, 1.54) is 12.1 Å². The highest BCUT2D eigenvalue weighted by molar-refractivity contribution is 6.33. The van der Waals surface area contributed by atoms with Gasteiger partial charge in [-0.15, -0.1) is 0 Å². The van der Waals surface area contributed by atoms with Gasteiger partial charge in [0.05, 0.1) is 23.4 Å². The zero-order chi connectivity index (χ0) is 16.1. The quantitative estimate of drug-likeness (QED) is 0.786. The van der Waals surface area contributed by atoms with Gasteiger partial charge in [-0.25, -0.2) is 9.18 Å². The number of carbonyl (C=O) groups is 1. The number of benzene rings is 2. The van der Waals surface area contributed by atoms with Crippen LogP contribution < -0.4 is 10.6 Å². The summed E-state index contributed by atoms with van der Waals surface area (Å²) < 4.78 is 12.9. The molecule has 7 heteroatoms. The highest BCUT2D eigenvalue weighted by Crippen LogP contribution is 2.22. The van der Waals surface area contributed by atoms with E-state index in [1.807, 2.05) is 0 Å². The zero-order valence-electron chi connectivity index (χ0n) is 11.3. The Bertz CT molecular complexity index is 665. The Morgan fingerprint density at radius 1 is 1.18 bits per heavy atom. The van der Waals surface area contributed by atoms with E-state index in [2.05, 4.69) is 10.6 Å². The molecule has 0 fully saturated rings. The van der Waals surface area contributed by atoms with Gasteiger partial charge in [0, 0.05) is 5.02 Å². The van der Waals surface area contributed by atoms with E-state index < -0.39 is 17.9 Å². The zero-order valence-corrected chi connectivity index (χ0v) is 12.8. The van der Waals surface area contributed by atoms with Crippen LogP contribution in [0.15, 0.2) is 42.5 Å². The lowest BCUT2D eigenvalue weighted by Crippen LogP contribution is -2.34. The fourth-order valence-electron chi connectivity index (χ4n) is 1.84. The molecule has 0 heterocycles. The number of aliphatic hydroxyl groups excluding tert-OH is 1. The molecular weight excluding hydrogens is 330 g/mol. The van der Waals surface area contributed by atoms with E-state index in [9.17, 15) is 14.3 Å². The van der Waals surface area contributed by atoms with Crippen LogP contribution in [-0.2, 0) is 0 Å². The highest BCUT2D eigenvalue weighted by Gasteiger charge is 2.14. The van der Waals surface area contributed by atoms with E-state index in [0.29, 0.717) is 10.6 Å². The second-order valence-corrected chi connectivity index (χ2v) is 5.35. The van der Waals surface area contributed by atoms with Gasteiger partial charge in [-0.05, 0) is 35.9 Å². The smallest absolute Gasteiger partial charge is 0.319 e. The second-order valence-electron chi connectivity index (χ2n) is 4.51. The maximum atomic E-state index is 12.9. The number of rotatable bonds is 4. The average Bonchev–Trinajstić information content (AvgIpc) is 2.49. The van der Waals surface area contributed by atoms with Gasteiger partial charge in [0.25, 0.3) is 0 Å². The Morgan fingerprint density at radius 3 is 2.45 bits per heavy atom. The third kappa shape index (κ3) is 4.34. The van der Waals surface area contributed by atoms with Crippen molar-refractivity contribution >= 4 is 34.9 Å². The lowest BCUT2D eigenvalue weighted by Gasteiger charge is -2.17. The molecule has 116 valence electrons. The molecule has 0 bridgehead atoms. The number of hydrogen-bond donors (Lipinski definition) is 3. The predicted molar refractivity (Wildman–Crippen MR) is 84.8 cm³/mol. The molecule has 0 aliphatic carbocycles. The molecule has 2 aromatic rings. The summed E-state index contributed by atoms with van der Waals surface area (Å²) in [5.74, 6) is -0.495. The normalized spacial score (nSPS) is 11.8. The Morgan fingerprint density at radius 2 is 1.86 bits per heavy atom. The number of urea groups is 1. The lowest BCUT2D eigenvalue weighted by atomic mass is 10.1. The molecule has 0 saturated carbocycles. The summed E-state index contributed by atoms with van der Waals surface area (Å²) in [6, 6.07) is 9.20. The maximum absolute atomic E-state index is 12.9. The summed E-state index contributed by atoms with van der Waals surface area (Å²) in [5, 5.41) is 15.1. The van der Waals surface area contributed by atoms with Crippen LogP contribution in [0.2, 0.25) is 10.0 Å². The first-order chi connectivity index (χ1) is 10.5. The summed E-state index contributed by atoms with van der Waals surface area (Å²) in [4.78, 5) is 11.9. The van der Waals surface area contributed by atoms with E-state index in [0.717, 1.165) is 6.07 Å². The molecule has 22 heavy (non-hydrogen) atoms. The largest absolute Gasteiger partial charge is 0.394 e. The monoisotopic (exact) mass is 342 g/mol. The van der Waals surface area contributed by atoms with Crippen LogP contribution in [0.3, 0.4) is 0 Å².